The van der Waals surface area contributed by atoms with Crippen molar-refractivity contribution in [3.8, 4) is 5.75 Å². The molecule has 0 unspecified atom stereocenters. The number of amides is 3. The van der Waals surface area contributed by atoms with Gasteiger partial charge in [0.1, 0.15) is 17.1 Å². The predicted octanol–water partition coefficient (Wildman–Crippen LogP) is 3.79. The molecule has 0 aliphatic carbocycles. The smallest absolute Gasteiger partial charge is 0.321 e. The van der Waals surface area contributed by atoms with E-state index in [0.717, 1.165) is 12.8 Å². The van der Waals surface area contributed by atoms with Gasteiger partial charge in [0.05, 0.1) is 36.7 Å². The van der Waals surface area contributed by atoms with Gasteiger partial charge in [-0.15, -0.1) is 0 Å². The van der Waals surface area contributed by atoms with Gasteiger partial charge in [-0.3, -0.25) is 9.52 Å². The van der Waals surface area contributed by atoms with Crippen LogP contribution in [-0.4, -0.2) is 102 Å². The molecule has 1 aliphatic heterocycles. The van der Waals surface area contributed by atoms with E-state index in [1.165, 1.54) is 39.0 Å². The molecule has 1 aromatic carbocycles. The van der Waals surface area contributed by atoms with E-state index in [4.69, 9.17) is 14.0 Å². The number of aryl methyl sites for hydroxylation is 3. The van der Waals surface area contributed by atoms with Gasteiger partial charge in [0.25, 0.3) is 15.9 Å². The second-order valence-corrected chi connectivity index (χ2v) is 14.1. The zero-order valence-corrected chi connectivity index (χ0v) is 29.4. The third-order valence-corrected chi connectivity index (χ3v) is 9.59. The summed E-state index contributed by atoms with van der Waals surface area (Å²) in [6.45, 7) is 9.54. The number of nitrogens with one attached hydrogen (secondary N) is 2. The second-order valence-electron chi connectivity index (χ2n) is 12.5. The summed E-state index contributed by atoms with van der Waals surface area (Å²) in [4.78, 5) is 34.5. The van der Waals surface area contributed by atoms with Crippen LogP contribution in [0.15, 0.2) is 40.3 Å². The molecular weight excluding hydrogens is 642 g/mol. The van der Waals surface area contributed by atoms with Crippen LogP contribution in [0.2, 0.25) is 0 Å². The van der Waals surface area contributed by atoms with Crippen molar-refractivity contribution in [2.75, 3.05) is 43.4 Å². The number of likely N-dealkylation sites (N-methyl/N-ethyl adjacent to an activating group) is 1. The Kier molecular flexibility index (Phi) is 12.1. The Morgan fingerprint density at radius 3 is 2.62 bits per heavy atom. The Labute approximate surface area is 281 Å². The van der Waals surface area contributed by atoms with E-state index < -0.39 is 28.1 Å². The number of carbonyl (C=O) groups is 2. The molecule has 3 N–H and O–H groups in total. The Balaban J connectivity index is 1.63. The summed E-state index contributed by atoms with van der Waals surface area (Å²) < 4.78 is 47.9. The number of sulfonamides is 1. The minimum absolute atomic E-state index is 0.140. The van der Waals surface area contributed by atoms with E-state index in [-0.39, 0.29) is 54.0 Å². The number of aliphatic hydroxyl groups is 1. The first-order valence-electron chi connectivity index (χ1n) is 16.0. The second kappa shape index (κ2) is 15.8. The molecule has 3 aromatic rings. The van der Waals surface area contributed by atoms with E-state index >= 15 is 0 Å². The van der Waals surface area contributed by atoms with Crippen LogP contribution in [0.4, 0.5) is 16.2 Å². The highest BCUT2D eigenvalue weighted by molar-refractivity contribution is 7.92. The van der Waals surface area contributed by atoms with E-state index in [1.807, 2.05) is 13.8 Å². The number of fused-ring (bicyclic) bond motifs is 1. The molecule has 1 aliphatic rings. The number of benzene rings is 1. The number of hydrogen-bond acceptors (Lipinski definition) is 10. The number of anilines is 2. The van der Waals surface area contributed by atoms with Crippen LogP contribution in [0.1, 0.15) is 61.8 Å². The largest absolute Gasteiger partial charge is 0.490 e. The van der Waals surface area contributed by atoms with E-state index in [0.29, 0.717) is 35.9 Å². The summed E-state index contributed by atoms with van der Waals surface area (Å²) in [5.74, 6) is 0.0611. The fourth-order valence-corrected chi connectivity index (χ4v) is 6.43. The minimum Gasteiger partial charge on any atom is -0.490 e. The number of rotatable bonds is 8. The molecule has 3 amide bonds. The SMILES string of the molecule is Cc1noc(C)c1NC(=O)N(C)C[C@H]1OCCCC[C@@H](C)Oc2ccc(NS(=O)(=O)c3cn(C)cn3)cc2C(=O)N([C@H](C)CO)C[C@@H]1C. The van der Waals surface area contributed by atoms with Crippen molar-refractivity contribution in [3.63, 3.8) is 0 Å². The van der Waals surface area contributed by atoms with Gasteiger partial charge in [0.15, 0.2) is 10.8 Å². The highest BCUT2D eigenvalue weighted by atomic mass is 32.2. The molecule has 0 saturated heterocycles. The molecule has 0 bridgehead atoms. The lowest BCUT2D eigenvalue weighted by Gasteiger charge is -2.35. The average molecular weight is 690 g/mol. The van der Waals surface area contributed by atoms with Crippen molar-refractivity contribution in [2.24, 2.45) is 13.0 Å². The maximum atomic E-state index is 14.3. The Bertz CT molecular complexity index is 1650. The van der Waals surface area contributed by atoms with Crippen LogP contribution >= 0.6 is 0 Å². The van der Waals surface area contributed by atoms with Gasteiger partial charge >= 0.3 is 6.03 Å². The topological polar surface area (TPSA) is 181 Å². The van der Waals surface area contributed by atoms with Crippen molar-refractivity contribution >= 4 is 33.3 Å². The first kappa shape index (κ1) is 36.7. The third-order valence-electron chi connectivity index (χ3n) is 8.33. The number of hydrogen-bond donors (Lipinski definition) is 3. The van der Waals surface area contributed by atoms with Crippen molar-refractivity contribution in [2.45, 2.75) is 77.2 Å². The quantitative estimate of drug-likeness (QED) is 0.315. The number of ether oxygens (including phenoxy) is 2. The molecule has 0 fully saturated rings. The predicted molar refractivity (Wildman–Crippen MR) is 179 cm³/mol. The normalized spacial score (nSPS) is 20.3. The Morgan fingerprint density at radius 1 is 1.23 bits per heavy atom. The lowest BCUT2D eigenvalue weighted by Crippen LogP contribution is -2.48. The molecule has 0 saturated carbocycles. The maximum absolute atomic E-state index is 14.3. The monoisotopic (exact) mass is 689 g/mol. The van der Waals surface area contributed by atoms with Crippen molar-refractivity contribution in [1.82, 2.24) is 24.5 Å². The van der Waals surface area contributed by atoms with Crippen molar-refractivity contribution in [3.05, 3.63) is 47.7 Å². The van der Waals surface area contributed by atoms with Crippen LogP contribution in [0.5, 0.6) is 5.75 Å². The number of urea groups is 1. The molecule has 48 heavy (non-hydrogen) atoms. The minimum atomic E-state index is -4.04. The molecule has 264 valence electrons. The number of imidazole rings is 1. The molecular formula is C32H47N7O8S. The molecule has 0 spiro atoms. The molecule has 15 nitrogen and oxygen atoms in total. The summed E-state index contributed by atoms with van der Waals surface area (Å²) >= 11 is 0. The lowest BCUT2D eigenvalue weighted by molar-refractivity contribution is -0.0115. The van der Waals surface area contributed by atoms with E-state index in [2.05, 4.69) is 20.2 Å². The van der Waals surface area contributed by atoms with Crippen LogP contribution < -0.4 is 14.8 Å². The van der Waals surface area contributed by atoms with Crippen LogP contribution in [0.3, 0.4) is 0 Å². The standard InChI is InChI=1S/C32H47N7O8S/c1-20-15-39(21(2)18-40)31(41)26-14-25(36-48(43,44)29-17-37(6)19-33-29)11-12-27(26)46-22(3)10-8-9-13-45-28(20)16-38(7)32(42)34-30-23(4)35-47-24(30)5/h11-12,14,17,19-22,28,36,40H,8-10,13,15-16,18H2,1-7H3,(H,34,42)/t20-,21+,22+,28+/m0/s1. The van der Waals surface area contributed by atoms with Crippen LogP contribution in [0, 0.1) is 19.8 Å². The summed E-state index contributed by atoms with van der Waals surface area (Å²) in [6, 6.07) is 3.60. The van der Waals surface area contributed by atoms with Gasteiger partial charge in [-0.25, -0.2) is 9.78 Å². The molecule has 4 atom stereocenters. The van der Waals surface area contributed by atoms with E-state index in [9.17, 15) is 23.1 Å². The molecule has 0 radical (unpaired) electrons. The molecule has 3 heterocycles. The van der Waals surface area contributed by atoms with Crippen molar-refractivity contribution in [1.29, 1.82) is 0 Å². The fourth-order valence-electron chi connectivity index (χ4n) is 5.40. The van der Waals surface area contributed by atoms with Gasteiger partial charge in [0.2, 0.25) is 0 Å². The Morgan fingerprint density at radius 2 is 1.98 bits per heavy atom. The van der Waals surface area contributed by atoms with Crippen LogP contribution in [0.25, 0.3) is 0 Å². The number of carbonyl (C=O) groups excluding carboxylic acids is 2. The van der Waals surface area contributed by atoms with E-state index in [1.54, 1.807) is 40.9 Å². The summed E-state index contributed by atoms with van der Waals surface area (Å²) in [5, 5.41) is 16.8. The maximum Gasteiger partial charge on any atom is 0.321 e. The first-order chi connectivity index (χ1) is 22.7. The fraction of sp³-hybridized carbons (Fsp3) is 0.562. The van der Waals surface area contributed by atoms with Crippen LogP contribution in [-0.2, 0) is 21.8 Å². The molecule has 16 heteroatoms. The highest BCUT2D eigenvalue weighted by Gasteiger charge is 2.31. The Hall–Kier alpha value is -4.15. The van der Waals surface area contributed by atoms with Gasteiger partial charge < -0.3 is 38.8 Å². The number of nitrogens with zero attached hydrogens (tertiary/aromatic N) is 5. The molecule has 4 rings (SSSR count). The third kappa shape index (κ3) is 9.05. The first-order valence-corrected chi connectivity index (χ1v) is 17.5. The van der Waals surface area contributed by atoms with Gasteiger partial charge in [0, 0.05) is 51.6 Å². The zero-order valence-electron chi connectivity index (χ0n) is 28.6. The number of aliphatic hydroxyl groups excluding tert-OH is 1. The summed E-state index contributed by atoms with van der Waals surface area (Å²) in [5.41, 5.74) is 1.37. The van der Waals surface area contributed by atoms with Gasteiger partial charge in [-0.05, 0) is 65.2 Å². The lowest BCUT2D eigenvalue weighted by atomic mass is 10.0. The summed E-state index contributed by atoms with van der Waals surface area (Å²) in [7, 11) is -0.711. The van der Waals surface area contributed by atoms with Gasteiger partial charge in [-0.1, -0.05) is 12.1 Å². The molecule has 2 aromatic heterocycles. The summed E-state index contributed by atoms with van der Waals surface area (Å²) in [6.07, 6.45) is 4.27. The number of aromatic nitrogens is 3. The highest BCUT2D eigenvalue weighted by Crippen LogP contribution is 2.29. The van der Waals surface area contributed by atoms with Gasteiger partial charge in [-0.2, -0.15) is 8.42 Å². The zero-order chi connectivity index (χ0) is 35.2. The average Bonchev–Trinajstić information content (AvgIpc) is 3.63. The van der Waals surface area contributed by atoms with Crippen molar-refractivity contribution < 1.29 is 37.1 Å².